The molecule has 106 valence electrons. The van der Waals surface area contributed by atoms with Crippen LogP contribution in [0.4, 0.5) is 0 Å². The van der Waals surface area contributed by atoms with Crippen molar-refractivity contribution < 1.29 is 0 Å². The van der Waals surface area contributed by atoms with Crippen LogP contribution in [0.1, 0.15) is 30.9 Å². The molecular formula is C17H23N3. The van der Waals surface area contributed by atoms with Crippen molar-refractivity contribution in [3.05, 3.63) is 36.0 Å². The molecule has 1 aromatic carbocycles. The Kier molecular flexibility index (Phi) is 3.25. The average molecular weight is 269 g/mol. The second kappa shape index (κ2) is 5.23. The number of hydrogen-bond donors (Lipinski definition) is 2. The second-order valence-electron chi connectivity index (χ2n) is 6.21. The Morgan fingerprint density at radius 3 is 2.70 bits per heavy atom. The van der Waals surface area contributed by atoms with E-state index in [2.05, 4.69) is 45.7 Å². The van der Waals surface area contributed by atoms with E-state index in [1.165, 1.54) is 48.8 Å². The number of nitrogens with one attached hydrogen (secondary N) is 2. The zero-order valence-electron chi connectivity index (χ0n) is 11.9. The zero-order valence-corrected chi connectivity index (χ0v) is 11.9. The molecule has 3 nitrogen and oxygen atoms in total. The molecule has 1 aliphatic carbocycles. The number of benzene rings is 1. The lowest BCUT2D eigenvalue weighted by molar-refractivity contribution is 0.0847. The molecule has 4 rings (SSSR count). The summed E-state index contributed by atoms with van der Waals surface area (Å²) in [5.41, 5.74) is 2.82. The number of nitrogens with zero attached hydrogens (tertiary/aromatic N) is 1. The van der Waals surface area contributed by atoms with Crippen molar-refractivity contribution in [1.82, 2.24) is 15.2 Å². The largest absolute Gasteiger partial charge is 0.361 e. The van der Waals surface area contributed by atoms with Crippen LogP contribution in [0.25, 0.3) is 10.9 Å². The van der Waals surface area contributed by atoms with Gasteiger partial charge in [-0.1, -0.05) is 18.6 Å². The highest BCUT2D eigenvalue weighted by molar-refractivity contribution is 5.83. The summed E-state index contributed by atoms with van der Waals surface area (Å²) in [7, 11) is 0. The Labute approximate surface area is 120 Å². The van der Waals surface area contributed by atoms with Gasteiger partial charge in [-0.05, 0) is 36.5 Å². The maximum atomic E-state index is 3.48. The van der Waals surface area contributed by atoms with E-state index < -0.39 is 0 Å². The van der Waals surface area contributed by atoms with Gasteiger partial charge in [-0.3, -0.25) is 4.90 Å². The predicted octanol–water partition coefficient (Wildman–Crippen LogP) is 2.91. The third-order valence-electron chi connectivity index (χ3n) is 5.09. The van der Waals surface area contributed by atoms with Crippen molar-refractivity contribution in [2.24, 2.45) is 5.92 Å². The number of rotatable bonds is 3. The van der Waals surface area contributed by atoms with E-state index in [0.717, 1.165) is 19.0 Å². The molecule has 1 atom stereocenters. The Bertz CT molecular complexity index is 579. The maximum Gasteiger partial charge on any atom is 0.0457 e. The lowest BCUT2D eigenvalue weighted by Gasteiger charge is -2.43. The number of fused-ring (bicyclic) bond motifs is 1. The first kappa shape index (κ1) is 12.4. The molecule has 0 radical (unpaired) electrons. The molecule has 0 spiro atoms. The third kappa shape index (κ3) is 2.05. The SMILES string of the molecule is c1cc([C@@H](C2CCC2)N2CCNCC2)c2cc[nH]c2c1. The zero-order chi connectivity index (χ0) is 13.4. The standard InChI is InChI=1S/C17H23N3/c1-3-13(4-1)17(20-11-9-18-10-12-20)15-5-2-6-16-14(15)7-8-19-16/h2,5-8,13,17-19H,1,3-4,9-12H2/t17-/m1/s1. The van der Waals surface area contributed by atoms with Gasteiger partial charge in [0.15, 0.2) is 0 Å². The van der Waals surface area contributed by atoms with Crippen LogP contribution < -0.4 is 5.32 Å². The Hall–Kier alpha value is -1.32. The maximum absolute atomic E-state index is 3.48. The molecule has 1 saturated heterocycles. The van der Waals surface area contributed by atoms with Gasteiger partial charge in [0.05, 0.1) is 0 Å². The fourth-order valence-electron chi connectivity index (χ4n) is 3.83. The van der Waals surface area contributed by atoms with E-state index in [9.17, 15) is 0 Å². The fraction of sp³-hybridized carbons (Fsp3) is 0.529. The molecule has 2 N–H and O–H groups in total. The first-order valence-electron chi connectivity index (χ1n) is 7.94. The van der Waals surface area contributed by atoms with Crippen molar-refractivity contribution in [2.45, 2.75) is 25.3 Å². The Morgan fingerprint density at radius 2 is 1.95 bits per heavy atom. The van der Waals surface area contributed by atoms with Crippen LogP contribution in [0.3, 0.4) is 0 Å². The fourth-order valence-corrected chi connectivity index (χ4v) is 3.83. The average Bonchev–Trinajstić information content (AvgIpc) is 2.92. The van der Waals surface area contributed by atoms with Crippen molar-refractivity contribution in [2.75, 3.05) is 26.2 Å². The van der Waals surface area contributed by atoms with E-state index in [-0.39, 0.29) is 0 Å². The van der Waals surface area contributed by atoms with E-state index in [1.807, 2.05) is 0 Å². The molecule has 1 aliphatic heterocycles. The number of aromatic nitrogens is 1. The summed E-state index contributed by atoms with van der Waals surface area (Å²) in [6.45, 7) is 4.63. The lowest BCUT2D eigenvalue weighted by atomic mass is 9.75. The van der Waals surface area contributed by atoms with Crippen LogP contribution in [0.2, 0.25) is 0 Å². The summed E-state index contributed by atoms with van der Waals surface area (Å²) in [4.78, 5) is 6.07. The molecule has 2 aliphatic rings. The van der Waals surface area contributed by atoms with Crippen molar-refractivity contribution in [1.29, 1.82) is 0 Å². The summed E-state index contributed by atoms with van der Waals surface area (Å²) in [5.74, 6) is 0.855. The van der Waals surface area contributed by atoms with Crippen LogP contribution in [0.5, 0.6) is 0 Å². The van der Waals surface area contributed by atoms with Gasteiger partial charge in [-0.25, -0.2) is 0 Å². The third-order valence-corrected chi connectivity index (χ3v) is 5.09. The van der Waals surface area contributed by atoms with Crippen LogP contribution in [0.15, 0.2) is 30.5 Å². The van der Waals surface area contributed by atoms with E-state index in [0.29, 0.717) is 6.04 Å². The molecule has 3 heteroatoms. The molecule has 2 aromatic rings. The molecule has 0 amide bonds. The molecule has 2 fully saturated rings. The minimum Gasteiger partial charge on any atom is -0.361 e. The lowest BCUT2D eigenvalue weighted by Crippen LogP contribution is -2.47. The van der Waals surface area contributed by atoms with Gasteiger partial charge >= 0.3 is 0 Å². The van der Waals surface area contributed by atoms with Crippen molar-refractivity contribution in [3.8, 4) is 0 Å². The Morgan fingerprint density at radius 1 is 1.10 bits per heavy atom. The first-order valence-corrected chi connectivity index (χ1v) is 7.94. The highest BCUT2D eigenvalue weighted by Gasteiger charge is 2.34. The smallest absolute Gasteiger partial charge is 0.0457 e. The van der Waals surface area contributed by atoms with Gasteiger partial charge in [0, 0.05) is 49.3 Å². The Balaban J connectivity index is 1.74. The molecule has 2 heterocycles. The first-order chi connectivity index (χ1) is 9.93. The molecule has 0 bridgehead atoms. The number of aromatic amines is 1. The molecule has 20 heavy (non-hydrogen) atoms. The summed E-state index contributed by atoms with van der Waals surface area (Å²) >= 11 is 0. The van der Waals surface area contributed by atoms with Crippen LogP contribution >= 0.6 is 0 Å². The quantitative estimate of drug-likeness (QED) is 0.897. The highest BCUT2D eigenvalue weighted by atomic mass is 15.2. The second-order valence-corrected chi connectivity index (χ2v) is 6.21. The topological polar surface area (TPSA) is 31.1 Å². The van der Waals surface area contributed by atoms with Gasteiger partial charge in [0.25, 0.3) is 0 Å². The minimum absolute atomic E-state index is 0.616. The summed E-state index contributed by atoms with van der Waals surface area (Å²) in [6.07, 6.45) is 6.28. The summed E-state index contributed by atoms with van der Waals surface area (Å²) < 4.78 is 0. The normalized spacial score (nSPS) is 22.8. The molecule has 1 aromatic heterocycles. The van der Waals surface area contributed by atoms with Gasteiger partial charge in [-0.2, -0.15) is 0 Å². The van der Waals surface area contributed by atoms with Crippen LogP contribution in [-0.2, 0) is 0 Å². The minimum atomic E-state index is 0.616. The number of H-pyrrole nitrogens is 1. The van der Waals surface area contributed by atoms with E-state index >= 15 is 0 Å². The predicted molar refractivity (Wildman–Crippen MR) is 82.8 cm³/mol. The molecular weight excluding hydrogens is 246 g/mol. The molecule has 1 saturated carbocycles. The summed E-state index contributed by atoms with van der Waals surface area (Å²) in [5, 5.41) is 4.90. The van der Waals surface area contributed by atoms with Gasteiger partial charge in [0.2, 0.25) is 0 Å². The van der Waals surface area contributed by atoms with Gasteiger partial charge in [0.1, 0.15) is 0 Å². The van der Waals surface area contributed by atoms with Crippen LogP contribution in [-0.4, -0.2) is 36.1 Å². The number of piperazine rings is 1. The monoisotopic (exact) mass is 269 g/mol. The van der Waals surface area contributed by atoms with Crippen LogP contribution in [0, 0.1) is 5.92 Å². The van der Waals surface area contributed by atoms with E-state index in [1.54, 1.807) is 0 Å². The van der Waals surface area contributed by atoms with Gasteiger partial charge < -0.3 is 10.3 Å². The van der Waals surface area contributed by atoms with Gasteiger partial charge in [-0.15, -0.1) is 0 Å². The van der Waals surface area contributed by atoms with Crippen molar-refractivity contribution in [3.63, 3.8) is 0 Å². The van der Waals surface area contributed by atoms with Crippen molar-refractivity contribution >= 4 is 10.9 Å². The highest BCUT2D eigenvalue weighted by Crippen LogP contribution is 2.43. The van der Waals surface area contributed by atoms with E-state index in [4.69, 9.17) is 0 Å². The molecule has 0 unspecified atom stereocenters. The number of hydrogen-bond acceptors (Lipinski definition) is 2. The summed E-state index contributed by atoms with van der Waals surface area (Å²) in [6, 6.07) is 9.61.